The number of aromatic nitrogens is 1. The van der Waals surface area contributed by atoms with E-state index in [1.54, 1.807) is 0 Å². The van der Waals surface area contributed by atoms with Gasteiger partial charge in [-0.2, -0.15) is 0 Å². The number of pyridine rings is 1. The van der Waals surface area contributed by atoms with Gasteiger partial charge in [0, 0.05) is 19.3 Å². The molecule has 0 atom stereocenters. The Morgan fingerprint density at radius 1 is 1.11 bits per heavy atom. The summed E-state index contributed by atoms with van der Waals surface area (Å²) in [6.07, 6.45) is 3.95. The maximum atomic E-state index is 5.56. The minimum Gasteiger partial charge on any atom is -0.352 e. The number of benzene rings is 1. The third kappa shape index (κ3) is 2.61. The van der Waals surface area contributed by atoms with Crippen LogP contribution in [0.3, 0.4) is 0 Å². The molecule has 1 aromatic heterocycles. The molecule has 0 saturated carbocycles. The molecule has 1 aromatic carbocycles. The van der Waals surface area contributed by atoms with Gasteiger partial charge in [-0.25, -0.2) is 4.98 Å². The van der Waals surface area contributed by atoms with Crippen LogP contribution in [-0.4, -0.2) is 18.1 Å². The Bertz CT molecular complexity index is 548. The summed E-state index contributed by atoms with van der Waals surface area (Å²) < 4.78 is 0. The molecule has 3 nitrogen and oxygen atoms in total. The molecule has 0 saturated heterocycles. The van der Waals surface area contributed by atoms with Gasteiger partial charge < -0.3 is 10.6 Å². The smallest absolute Gasteiger partial charge is 0.128 e. The van der Waals surface area contributed by atoms with Gasteiger partial charge >= 0.3 is 0 Å². The minimum absolute atomic E-state index is 0.679. The van der Waals surface area contributed by atoms with E-state index in [1.165, 1.54) is 16.7 Å². The molecule has 98 valence electrons. The normalized spacial score (nSPS) is 14.3. The molecule has 0 amide bonds. The van der Waals surface area contributed by atoms with Crippen LogP contribution in [0.5, 0.6) is 0 Å². The average Bonchev–Trinajstić information content (AvgIpc) is 2.48. The Morgan fingerprint density at radius 2 is 1.95 bits per heavy atom. The fourth-order valence-electron chi connectivity index (χ4n) is 2.61. The van der Waals surface area contributed by atoms with Crippen molar-refractivity contribution < 1.29 is 0 Å². The predicted molar refractivity (Wildman–Crippen MR) is 78.2 cm³/mol. The van der Waals surface area contributed by atoms with Gasteiger partial charge in [-0.05, 0) is 42.1 Å². The molecule has 1 aliphatic heterocycles. The molecule has 0 aliphatic carbocycles. The predicted octanol–water partition coefficient (Wildman–Crippen LogP) is 2.15. The number of nitrogens with zero attached hydrogens (tertiary/aromatic N) is 2. The first kappa shape index (κ1) is 12.2. The largest absolute Gasteiger partial charge is 0.352 e. The van der Waals surface area contributed by atoms with Crippen LogP contribution in [0, 0.1) is 0 Å². The molecule has 3 rings (SSSR count). The zero-order chi connectivity index (χ0) is 13.1. The Morgan fingerprint density at radius 3 is 2.68 bits per heavy atom. The fourth-order valence-corrected chi connectivity index (χ4v) is 2.61. The Kier molecular flexibility index (Phi) is 3.47. The van der Waals surface area contributed by atoms with Crippen LogP contribution in [-0.2, 0) is 19.4 Å². The number of hydrogen-bond acceptors (Lipinski definition) is 3. The summed E-state index contributed by atoms with van der Waals surface area (Å²) >= 11 is 0. The van der Waals surface area contributed by atoms with E-state index in [1.807, 2.05) is 6.20 Å². The van der Waals surface area contributed by atoms with Gasteiger partial charge in [-0.1, -0.05) is 30.3 Å². The Hall–Kier alpha value is -1.87. The van der Waals surface area contributed by atoms with Crippen molar-refractivity contribution in [2.75, 3.05) is 18.0 Å². The lowest BCUT2D eigenvalue weighted by Gasteiger charge is -2.29. The van der Waals surface area contributed by atoms with Crippen molar-refractivity contribution in [2.24, 2.45) is 5.73 Å². The summed E-state index contributed by atoms with van der Waals surface area (Å²) in [6, 6.07) is 12.9. The molecule has 2 N–H and O–H groups in total. The van der Waals surface area contributed by atoms with E-state index in [0.717, 1.165) is 31.7 Å². The first-order chi connectivity index (χ1) is 9.36. The number of hydrogen-bond donors (Lipinski definition) is 1. The quantitative estimate of drug-likeness (QED) is 0.911. The molecule has 2 heterocycles. The topological polar surface area (TPSA) is 42.1 Å². The van der Waals surface area contributed by atoms with Crippen LogP contribution in [0.25, 0.3) is 0 Å². The molecular formula is C16H19N3. The molecule has 19 heavy (non-hydrogen) atoms. The number of fused-ring (bicyclic) bond motifs is 1. The van der Waals surface area contributed by atoms with Crippen molar-refractivity contribution in [3.05, 3.63) is 59.3 Å². The number of nitrogens with two attached hydrogens (primary N) is 1. The summed E-state index contributed by atoms with van der Waals surface area (Å²) in [4.78, 5) is 6.91. The fraction of sp³-hybridized carbons (Fsp3) is 0.312. The lowest BCUT2D eigenvalue weighted by atomic mass is 10.00. The second-order valence-corrected chi connectivity index (χ2v) is 5.00. The van der Waals surface area contributed by atoms with Crippen LogP contribution < -0.4 is 10.6 Å². The van der Waals surface area contributed by atoms with Crippen LogP contribution in [0.4, 0.5) is 5.82 Å². The number of rotatable bonds is 3. The standard InChI is InChI=1S/C16H19N3/c17-9-7-13-5-6-16(18-11-13)19-10-8-14-3-1-2-4-15(14)12-19/h1-6,11H,7-10,12,17H2. The Balaban J connectivity index is 1.77. The van der Waals surface area contributed by atoms with Crippen LogP contribution >= 0.6 is 0 Å². The van der Waals surface area contributed by atoms with Crippen molar-refractivity contribution in [3.8, 4) is 0 Å². The highest BCUT2D eigenvalue weighted by Gasteiger charge is 2.16. The van der Waals surface area contributed by atoms with Crippen molar-refractivity contribution in [1.29, 1.82) is 0 Å². The van der Waals surface area contributed by atoms with E-state index < -0.39 is 0 Å². The molecule has 0 radical (unpaired) electrons. The molecule has 0 spiro atoms. The van der Waals surface area contributed by atoms with Gasteiger partial charge in [0.15, 0.2) is 0 Å². The van der Waals surface area contributed by atoms with Gasteiger partial charge in [0.1, 0.15) is 5.82 Å². The van der Waals surface area contributed by atoms with E-state index in [2.05, 4.69) is 46.3 Å². The molecule has 1 aliphatic rings. The third-order valence-corrected chi connectivity index (χ3v) is 3.70. The van der Waals surface area contributed by atoms with Gasteiger partial charge in [0.25, 0.3) is 0 Å². The van der Waals surface area contributed by atoms with Crippen LogP contribution in [0.2, 0.25) is 0 Å². The summed E-state index contributed by atoms with van der Waals surface area (Å²) in [5.41, 5.74) is 9.66. The highest BCUT2D eigenvalue weighted by molar-refractivity contribution is 5.44. The summed E-state index contributed by atoms with van der Waals surface area (Å²) in [5.74, 6) is 1.07. The number of anilines is 1. The minimum atomic E-state index is 0.679. The van der Waals surface area contributed by atoms with Crippen molar-refractivity contribution >= 4 is 5.82 Å². The monoisotopic (exact) mass is 253 g/mol. The summed E-state index contributed by atoms with van der Waals surface area (Å²) in [7, 11) is 0. The third-order valence-electron chi connectivity index (χ3n) is 3.70. The molecular weight excluding hydrogens is 234 g/mol. The molecule has 3 heteroatoms. The lowest BCUT2D eigenvalue weighted by Crippen LogP contribution is -2.30. The average molecular weight is 253 g/mol. The van der Waals surface area contributed by atoms with Crippen molar-refractivity contribution in [2.45, 2.75) is 19.4 Å². The SMILES string of the molecule is NCCc1ccc(N2CCc3ccccc3C2)nc1. The van der Waals surface area contributed by atoms with Gasteiger partial charge in [0.05, 0.1) is 0 Å². The van der Waals surface area contributed by atoms with Crippen molar-refractivity contribution in [3.63, 3.8) is 0 Å². The van der Waals surface area contributed by atoms with Gasteiger partial charge in [-0.15, -0.1) is 0 Å². The maximum absolute atomic E-state index is 5.56. The molecule has 0 unspecified atom stereocenters. The first-order valence-corrected chi connectivity index (χ1v) is 6.83. The van der Waals surface area contributed by atoms with Gasteiger partial charge in [-0.3, -0.25) is 0 Å². The van der Waals surface area contributed by atoms with E-state index in [-0.39, 0.29) is 0 Å². The van der Waals surface area contributed by atoms with Crippen LogP contribution in [0.1, 0.15) is 16.7 Å². The Labute approximate surface area is 114 Å². The van der Waals surface area contributed by atoms with E-state index in [4.69, 9.17) is 5.73 Å². The second kappa shape index (κ2) is 5.41. The zero-order valence-corrected chi connectivity index (χ0v) is 11.0. The van der Waals surface area contributed by atoms with Gasteiger partial charge in [0.2, 0.25) is 0 Å². The maximum Gasteiger partial charge on any atom is 0.128 e. The van der Waals surface area contributed by atoms with E-state index in [9.17, 15) is 0 Å². The van der Waals surface area contributed by atoms with E-state index >= 15 is 0 Å². The lowest BCUT2D eigenvalue weighted by molar-refractivity contribution is 0.720. The molecule has 0 fully saturated rings. The second-order valence-electron chi connectivity index (χ2n) is 5.00. The first-order valence-electron chi connectivity index (χ1n) is 6.83. The summed E-state index contributed by atoms with van der Waals surface area (Å²) in [5, 5.41) is 0. The highest BCUT2D eigenvalue weighted by Crippen LogP contribution is 2.22. The molecule has 2 aromatic rings. The highest BCUT2D eigenvalue weighted by atomic mass is 15.2. The van der Waals surface area contributed by atoms with E-state index in [0.29, 0.717) is 6.54 Å². The summed E-state index contributed by atoms with van der Waals surface area (Å²) in [6.45, 7) is 2.68. The molecule has 0 bridgehead atoms. The van der Waals surface area contributed by atoms with Crippen LogP contribution in [0.15, 0.2) is 42.6 Å². The zero-order valence-electron chi connectivity index (χ0n) is 11.0. The van der Waals surface area contributed by atoms with Crippen molar-refractivity contribution in [1.82, 2.24) is 4.98 Å².